The average molecular weight is 508 g/mol. The quantitative estimate of drug-likeness (QED) is 0.224. The van der Waals surface area contributed by atoms with E-state index < -0.39 is 17.4 Å². The van der Waals surface area contributed by atoms with Crippen molar-refractivity contribution < 1.29 is 29.3 Å². The Kier molecular flexibility index (Phi) is 5.27. The topological polar surface area (TPSA) is 107 Å². The smallest absolute Gasteiger partial charge is 0.462 e. The number of aromatic hydroxyl groups is 1. The first-order valence-corrected chi connectivity index (χ1v) is 12.1. The van der Waals surface area contributed by atoms with Crippen LogP contribution in [0.4, 0.5) is 5.82 Å². The SMILES string of the molecule is Cc1ccc(C(=O)Oc2ccc(C3C4=C(O)c5ccccc5C4=[NH+]c4c3c(=O)n(C)c(O)[n+]4C)cc2)cc1. The number of hydrogen-bond acceptors (Lipinski definition) is 5. The highest BCUT2D eigenvalue weighted by molar-refractivity contribution is 6.21. The van der Waals surface area contributed by atoms with E-state index in [9.17, 15) is 19.8 Å². The van der Waals surface area contributed by atoms with Gasteiger partial charge in [-0.3, -0.25) is 4.79 Å². The van der Waals surface area contributed by atoms with Gasteiger partial charge in [-0.2, -0.15) is 0 Å². The van der Waals surface area contributed by atoms with Crippen molar-refractivity contribution in [3.05, 3.63) is 122 Å². The molecular weight excluding hydrogens is 482 g/mol. The molecule has 1 aromatic heterocycles. The van der Waals surface area contributed by atoms with Crippen LogP contribution in [0.15, 0.2) is 83.2 Å². The van der Waals surface area contributed by atoms with Crippen molar-refractivity contribution in [2.75, 3.05) is 0 Å². The molecule has 1 aliphatic heterocycles. The second-order valence-electron chi connectivity index (χ2n) is 9.55. The molecule has 0 amide bonds. The molecule has 0 radical (unpaired) electrons. The molecule has 0 fully saturated rings. The van der Waals surface area contributed by atoms with Crippen LogP contribution in [-0.4, -0.2) is 26.5 Å². The molecule has 8 heteroatoms. The number of carbonyl (C=O) groups excluding carboxylic acids is 1. The lowest BCUT2D eigenvalue weighted by Gasteiger charge is -2.21. The molecule has 8 nitrogen and oxygen atoms in total. The Bertz CT molecular complexity index is 1760. The fourth-order valence-corrected chi connectivity index (χ4v) is 5.20. The normalized spacial score (nSPS) is 15.4. The summed E-state index contributed by atoms with van der Waals surface area (Å²) in [6, 6.07) is 21.3. The maximum Gasteiger partial charge on any atom is 0.462 e. The van der Waals surface area contributed by atoms with Gasteiger partial charge in [0.2, 0.25) is 5.71 Å². The summed E-state index contributed by atoms with van der Waals surface area (Å²) in [5.74, 6) is -0.223. The number of hydrogen-bond donors (Lipinski definition) is 3. The van der Waals surface area contributed by atoms with Gasteiger partial charge in [-0.25, -0.2) is 9.36 Å². The zero-order valence-electron chi connectivity index (χ0n) is 21.0. The zero-order valence-corrected chi connectivity index (χ0v) is 21.0. The molecule has 3 N–H and O–H groups in total. The summed E-state index contributed by atoms with van der Waals surface area (Å²) in [7, 11) is 3.17. The molecule has 0 spiro atoms. The molecule has 6 rings (SSSR count). The van der Waals surface area contributed by atoms with Gasteiger partial charge >= 0.3 is 17.8 Å². The molecule has 2 aliphatic rings. The summed E-state index contributed by atoms with van der Waals surface area (Å²) in [4.78, 5) is 29.4. The van der Waals surface area contributed by atoms with Gasteiger partial charge in [0.1, 0.15) is 11.5 Å². The van der Waals surface area contributed by atoms with Crippen LogP contribution in [0.2, 0.25) is 0 Å². The van der Waals surface area contributed by atoms with E-state index in [0.717, 1.165) is 16.7 Å². The molecule has 1 unspecified atom stereocenters. The molecule has 3 aromatic carbocycles. The highest BCUT2D eigenvalue weighted by Crippen LogP contribution is 2.43. The van der Waals surface area contributed by atoms with Gasteiger partial charge in [0.25, 0.3) is 5.56 Å². The first kappa shape index (κ1) is 23.4. The largest absolute Gasteiger partial charge is 0.507 e. The van der Waals surface area contributed by atoms with Gasteiger partial charge in [0, 0.05) is 12.6 Å². The van der Waals surface area contributed by atoms with Crippen molar-refractivity contribution >= 4 is 23.3 Å². The van der Waals surface area contributed by atoms with E-state index in [-0.39, 0.29) is 11.8 Å². The van der Waals surface area contributed by atoms with Gasteiger partial charge in [-0.1, -0.05) is 52.6 Å². The third-order valence-corrected chi connectivity index (χ3v) is 7.23. The third kappa shape index (κ3) is 3.45. The Hall–Kier alpha value is -4.98. The van der Waals surface area contributed by atoms with E-state index in [4.69, 9.17) is 4.74 Å². The molecule has 1 atom stereocenters. The number of aliphatic hydroxyl groups excluding tert-OH is 1. The standard InChI is InChI=1S/C30H23N3O5/c1-16-8-10-18(11-9-16)29(36)38-19-14-12-17(13-15-19)22-23-25(20-6-4-5-7-21(20)26(23)34)31-27-24(22)28(35)33(3)30(37)32(27)2/h4-15,22H,1-3H3,(H,31,34,35)/p+2. The van der Waals surface area contributed by atoms with Gasteiger partial charge in [-0.05, 0) is 42.8 Å². The highest BCUT2D eigenvalue weighted by atomic mass is 16.5. The van der Waals surface area contributed by atoms with Crippen molar-refractivity contribution in [1.82, 2.24) is 4.57 Å². The molecular formula is C30H25N3O5+2. The van der Waals surface area contributed by atoms with E-state index in [2.05, 4.69) is 4.99 Å². The van der Waals surface area contributed by atoms with Crippen LogP contribution >= 0.6 is 0 Å². The summed E-state index contributed by atoms with van der Waals surface area (Å²) in [6.45, 7) is 1.94. The van der Waals surface area contributed by atoms with E-state index in [1.807, 2.05) is 43.3 Å². The number of fused-ring (bicyclic) bond motifs is 4. The summed E-state index contributed by atoms with van der Waals surface area (Å²) >= 11 is 0. The van der Waals surface area contributed by atoms with Gasteiger partial charge in [0.05, 0.1) is 22.6 Å². The number of aryl methyl sites for hydroxylation is 1. The fraction of sp³-hybridized carbons (Fsp3) is 0.133. The predicted octanol–water partition coefficient (Wildman–Crippen LogP) is 2.07. The Labute approximate surface area is 218 Å². The number of benzene rings is 3. The summed E-state index contributed by atoms with van der Waals surface area (Å²) < 4.78 is 8.26. The predicted molar refractivity (Wildman–Crippen MR) is 140 cm³/mol. The van der Waals surface area contributed by atoms with Crippen molar-refractivity contribution in [2.24, 2.45) is 14.1 Å². The molecule has 0 bridgehead atoms. The maximum atomic E-state index is 13.5. The lowest BCUT2D eigenvalue weighted by atomic mass is 9.81. The number of esters is 1. The number of carbonyl (C=O) groups is 1. The minimum atomic E-state index is -0.638. The monoisotopic (exact) mass is 507 g/mol. The van der Waals surface area contributed by atoms with E-state index in [0.29, 0.717) is 39.5 Å². The second-order valence-corrected chi connectivity index (χ2v) is 9.55. The lowest BCUT2D eigenvalue weighted by Crippen LogP contribution is -2.75. The minimum Gasteiger partial charge on any atom is -0.507 e. The number of allylic oxidation sites excluding steroid dienone is 1. The summed E-state index contributed by atoms with van der Waals surface area (Å²) in [5.41, 5.74) is 4.92. The van der Waals surface area contributed by atoms with Gasteiger partial charge in [0.15, 0.2) is 12.6 Å². The Morgan fingerprint density at radius 1 is 0.974 bits per heavy atom. The zero-order chi connectivity index (χ0) is 26.7. The number of aromatic nitrogens is 2. The molecule has 38 heavy (non-hydrogen) atoms. The number of nitrogens with one attached hydrogen (secondary N) is 1. The van der Waals surface area contributed by atoms with Gasteiger partial charge < -0.3 is 14.9 Å². The summed E-state index contributed by atoms with van der Waals surface area (Å²) in [6.07, 6.45) is 0. The molecule has 0 saturated heterocycles. The summed E-state index contributed by atoms with van der Waals surface area (Å²) in [5, 5.41) is 21.9. The van der Waals surface area contributed by atoms with Gasteiger partial charge in [-0.15, -0.1) is 4.99 Å². The third-order valence-electron chi connectivity index (χ3n) is 7.23. The lowest BCUT2D eigenvalue weighted by molar-refractivity contribution is -0.723. The Morgan fingerprint density at radius 3 is 2.32 bits per heavy atom. The number of ether oxygens (including phenoxy) is 1. The minimum absolute atomic E-state index is 0.0893. The Balaban J connectivity index is 1.47. The molecule has 0 saturated carbocycles. The van der Waals surface area contributed by atoms with Crippen LogP contribution < -0.4 is 19.9 Å². The molecule has 4 aromatic rings. The Morgan fingerprint density at radius 2 is 1.63 bits per heavy atom. The van der Waals surface area contributed by atoms with Crippen LogP contribution in [0.3, 0.4) is 0 Å². The maximum absolute atomic E-state index is 13.5. The van der Waals surface area contributed by atoms with Crippen molar-refractivity contribution in [1.29, 1.82) is 0 Å². The van der Waals surface area contributed by atoms with E-state index >= 15 is 0 Å². The number of nitrogens with zero attached hydrogens (tertiary/aromatic N) is 2. The molecule has 1 aliphatic carbocycles. The first-order chi connectivity index (χ1) is 18.3. The van der Waals surface area contributed by atoms with Crippen LogP contribution in [-0.2, 0) is 14.1 Å². The first-order valence-electron chi connectivity index (χ1n) is 12.1. The molecule has 2 heterocycles. The van der Waals surface area contributed by atoms with Crippen LogP contribution in [0.1, 0.15) is 44.1 Å². The number of rotatable bonds is 3. The van der Waals surface area contributed by atoms with E-state index in [1.165, 1.54) is 16.2 Å². The van der Waals surface area contributed by atoms with Crippen LogP contribution in [0, 0.1) is 6.92 Å². The van der Waals surface area contributed by atoms with Crippen LogP contribution in [0.5, 0.6) is 11.8 Å². The highest BCUT2D eigenvalue weighted by Gasteiger charge is 2.49. The number of aliphatic hydroxyl groups is 1. The second kappa shape index (κ2) is 8.55. The van der Waals surface area contributed by atoms with Crippen LogP contribution in [0.25, 0.3) is 5.76 Å². The average Bonchev–Trinajstić information content (AvgIpc) is 3.22. The van der Waals surface area contributed by atoms with Crippen molar-refractivity contribution in [3.63, 3.8) is 0 Å². The molecule has 188 valence electrons. The van der Waals surface area contributed by atoms with Crippen molar-refractivity contribution in [2.45, 2.75) is 12.8 Å². The fourth-order valence-electron chi connectivity index (χ4n) is 5.20. The van der Waals surface area contributed by atoms with E-state index in [1.54, 1.807) is 43.4 Å². The van der Waals surface area contributed by atoms with Crippen molar-refractivity contribution in [3.8, 4) is 11.8 Å².